The van der Waals surface area contributed by atoms with E-state index in [1.807, 2.05) is 30.3 Å². The molecular weight excluding hydrogens is 337 g/mol. The zero-order valence-electron chi connectivity index (χ0n) is 14.4. The molecule has 1 aliphatic heterocycles. The summed E-state index contributed by atoms with van der Waals surface area (Å²) >= 11 is 0. The number of anilines is 2. The number of piperazine rings is 1. The van der Waals surface area contributed by atoms with Crippen molar-refractivity contribution < 1.29 is 18.7 Å². The topological polar surface area (TPSA) is 61.9 Å². The molecule has 1 heterocycles. The van der Waals surface area contributed by atoms with Crippen LogP contribution in [0.15, 0.2) is 48.5 Å². The summed E-state index contributed by atoms with van der Waals surface area (Å²) in [5.74, 6) is -0.550. The minimum atomic E-state index is -0.657. The SMILES string of the molecule is CN1CCN(c2ccc(NC(=O)OCc3ccccc3)cc2F)CC1=O. The van der Waals surface area contributed by atoms with Crippen LogP contribution < -0.4 is 10.2 Å². The Kier molecular flexibility index (Phi) is 5.36. The van der Waals surface area contributed by atoms with E-state index in [2.05, 4.69) is 5.32 Å². The van der Waals surface area contributed by atoms with E-state index in [1.165, 1.54) is 6.07 Å². The molecule has 1 fully saturated rings. The van der Waals surface area contributed by atoms with E-state index >= 15 is 0 Å². The molecule has 26 heavy (non-hydrogen) atoms. The van der Waals surface area contributed by atoms with Gasteiger partial charge in [-0.25, -0.2) is 9.18 Å². The molecule has 1 saturated heterocycles. The number of halogens is 1. The Morgan fingerprint density at radius 1 is 1.19 bits per heavy atom. The third kappa shape index (κ3) is 4.30. The van der Waals surface area contributed by atoms with Gasteiger partial charge in [-0.05, 0) is 23.8 Å². The molecule has 0 bridgehead atoms. The molecule has 2 aromatic rings. The van der Waals surface area contributed by atoms with E-state index in [4.69, 9.17) is 4.74 Å². The van der Waals surface area contributed by atoms with Crippen molar-refractivity contribution in [2.75, 3.05) is 36.9 Å². The quantitative estimate of drug-likeness (QED) is 0.914. The van der Waals surface area contributed by atoms with Crippen LogP contribution in [0.4, 0.5) is 20.6 Å². The van der Waals surface area contributed by atoms with Crippen LogP contribution in [-0.4, -0.2) is 43.6 Å². The average Bonchev–Trinajstić information content (AvgIpc) is 2.63. The highest BCUT2D eigenvalue weighted by molar-refractivity contribution is 5.85. The highest BCUT2D eigenvalue weighted by Gasteiger charge is 2.23. The molecule has 3 rings (SSSR count). The first kappa shape index (κ1) is 17.7. The summed E-state index contributed by atoms with van der Waals surface area (Å²) in [5.41, 5.74) is 1.50. The Labute approximate surface area is 151 Å². The van der Waals surface area contributed by atoms with Gasteiger partial charge in [-0.2, -0.15) is 0 Å². The molecule has 0 aromatic heterocycles. The number of likely N-dealkylation sites (N-methyl/N-ethyl adjacent to an activating group) is 1. The van der Waals surface area contributed by atoms with Gasteiger partial charge in [0.15, 0.2) is 0 Å². The van der Waals surface area contributed by atoms with E-state index < -0.39 is 11.9 Å². The van der Waals surface area contributed by atoms with Crippen molar-refractivity contribution in [3.05, 3.63) is 59.9 Å². The zero-order valence-corrected chi connectivity index (χ0v) is 14.4. The number of amides is 2. The van der Waals surface area contributed by atoms with Crippen molar-refractivity contribution >= 4 is 23.4 Å². The van der Waals surface area contributed by atoms with Gasteiger partial charge in [0.1, 0.15) is 12.4 Å². The van der Waals surface area contributed by atoms with Crippen LogP contribution >= 0.6 is 0 Å². The van der Waals surface area contributed by atoms with Gasteiger partial charge >= 0.3 is 6.09 Å². The Morgan fingerprint density at radius 3 is 2.65 bits per heavy atom. The van der Waals surface area contributed by atoms with E-state index in [1.54, 1.807) is 29.0 Å². The number of nitrogens with one attached hydrogen (secondary N) is 1. The second-order valence-corrected chi connectivity index (χ2v) is 6.09. The number of hydrogen-bond donors (Lipinski definition) is 1. The molecule has 0 radical (unpaired) electrons. The third-order valence-corrected chi connectivity index (χ3v) is 4.20. The lowest BCUT2D eigenvalue weighted by atomic mass is 10.2. The summed E-state index contributed by atoms with van der Waals surface area (Å²) in [6, 6.07) is 13.6. The summed E-state index contributed by atoms with van der Waals surface area (Å²) in [5, 5.41) is 2.50. The van der Waals surface area contributed by atoms with Crippen molar-refractivity contribution in [1.29, 1.82) is 0 Å². The normalized spacial score (nSPS) is 14.3. The maximum atomic E-state index is 14.4. The fourth-order valence-corrected chi connectivity index (χ4v) is 2.68. The number of nitrogens with zero attached hydrogens (tertiary/aromatic N) is 2. The standard InChI is InChI=1S/C19H20FN3O3/c1-22-9-10-23(12-18(22)24)17-8-7-15(11-16(17)20)21-19(25)26-13-14-5-3-2-4-6-14/h2-8,11H,9-10,12-13H2,1H3,(H,21,25). The van der Waals surface area contributed by atoms with Crippen LogP contribution in [0.5, 0.6) is 0 Å². The predicted molar refractivity (Wildman–Crippen MR) is 96.5 cm³/mol. The monoisotopic (exact) mass is 357 g/mol. The van der Waals surface area contributed by atoms with Crippen molar-refractivity contribution in [3.8, 4) is 0 Å². The minimum Gasteiger partial charge on any atom is -0.444 e. The van der Waals surface area contributed by atoms with Gasteiger partial charge in [0, 0.05) is 25.8 Å². The number of carbonyl (C=O) groups excluding carboxylic acids is 2. The molecule has 0 atom stereocenters. The Hall–Kier alpha value is -3.09. The molecule has 0 unspecified atom stereocenters. The summed E-state index contributed by atoms with van der Waals surface area (Å²) in [6.07, 6.45) is -0.657. The van der Waals surface area contributed by atoms with Gasteiger partial charge in [0.25, 0.3) is 0 Å². The van der Waals surface area contributed by atoms with E-state index in [9.17, 15) is 14.0 Å². The molecule has 0 spiro atoms. The average molecular weight is 357 g/mol. The summed E-state index contributed by atoms with van der Waals surface area (Å²) in [7, 11) is 1.73. The molecule has 2 aromatic carbocycles. The third-order valence-electron chi connectivity index (χ3n) is 4.20. The maximum absolute atomic E-state index is 14.4. The van der Waals surface area contributed by atoms with Crippen LogP contribution in [0.25, 0.3) is 0 Å². The van der Waals surface area contributed by atoms with Gasteiger partial charge in [0.2, 0.25) is 5.91 Å². The number of ether oxygens (including phenoxy) is 1. The van der Waals surface area contributed by atoms with Gasteiger partial charge in [-0.3, -0.25) is 10.1 Å². The Balaban J connectivity index is 1.59. The van der Waals surface area contributed by atoms with Crippen LogP contribution in [0.2, 0.25) is 0 Å². The highest BCUT2D eigenvalue weighted by atomic mass is 19.1. The van der Waals surface area contributed by atoms with Gasteiger partial charge in [0.05, 0.1) is 12.2 Å². The van der Waals surface area contributed by atoms with E-state index in [0.29, 0.717) is 24.5 Å². The lowest BCUT2D eigenvalue weighted by molar-refractivity contribution is -0.129. The van der Waals surface area contributed by atoms with Crippen LogP contribution in [-0.2, 0) is 16.1 Å². The fourth-order valence-electron chi connectivity index (χ4n) is 2.68. The molecule has 1 aliphatic rings. The van der Waals surface area contributed by atoms with Crippen LogP contribution in [0.3, 0.4) is 0 Å². The van der Waals surface area contributed by atoms with E-state index in [0.717, 1.165) is 5.56 Å². The van der Waals surface area contributed by atoms with Crippen molar-refractivity contribution in [1.82, 2.24) is 4.90 Å². The summed E-state index contributed by atoms with van der Waals surface area (Å²) < 4.78 is 19.5. The summed E-state index contributed by atoms with van der Waals surface area (Å²) in [6.45, 7) is 1.38. The first-order valence-corrected chi connectivity index (χ1v) is 8.29. The predicted octanol–water partition coefficient (Wildman–Crippen LogP) is 2.85. The number of hydrogen-bond acceptors (Lipinski definition) is 4. The summed E-state index contributed by atoms with van der Waals surface area (Å²) in [4.78, 5) is 26.9. The van der Waals surface area contributed by atoms with Crippen molar-refractivity contribution in [2.24, 2.45) is 0 Å². The lowest BCUT2D eigenvalue weighted by Gasteiger charge is -2.33. The van der Waals surface area contributed by atoms with Crippen LogP contribution in [0, 0.1) is 5.82 Å². The first-order valence-electron chi connectivity index (χ1n) is 8.29. The molecule has 1 N–H and O–H groups in total. The van der Waals surface area contributed by atoms with Crippen LogP contribution in [0.1, 0.15) is 5.56 Å². The van der Waals surface area contributed by atoms with Gasteiger partial charge in [-0.1, -0.05) is 30.3 Å². The smallest absolute Gasteiger partial charge is 0.411 e. The second kappa shape index (κ2) is 7.86. The van der Waals surface area contributed by atoms with Crippen molar-refractivity contribution in [3.63, 3.8) is 0 Å². The minimum absolute atomic E-state index is 0.0534. The lowest BCUT2D eigenvalue weighted by Crippen LogP contribution is -2.48. The number of rotatable bonds is 4. The Bertz CT molecular complexity index is 798. The first-order chi connectivity index (χ1) is 12.5. The molecule has 0 saturated carbocycles. The molecule has 0 aliphatic carbocycles. The van der Waals surface area contributed by atoms with Gasteiger partial charge in [-0.15, -0.1) is 0 Å². The van der Waals surface area contributed by atoms with Crippen molar-refractivity contribution in [2.45, 2.75) is 6.61 Å². The molecule has 6 nitrogen and oxygen atoms in total. The Morgan fingerprint density at radius 2 is 1.96 bits per heavy atom. The van der Waals surface area contributed by atoms with Gasteiger partial charge < -0.3 is 14.5 Å². The van der Waals surface area contributed by atoms with E-state index in [-0.39, 0.29) is 19.1 Å². The highest BCUT2D eigenvalue weighted by Crippen LogP contribution is 2.24. The second-order valence-electron chi connectivity index (χ2n) is 6.09. The zero-order chi connectivity index (χ0) is 18.5. The largest absolute Gasteiger partial charge is 0.444 e. The number of carbonyl (C=O) groups is 2. The fraction of sp³-hybridized carbons (Fsp3) is 0.263. The molecule has 136 valence electrons. The maximum Gasteiger partial charge on any atom is 0.411 e. The molecule has 7 heteroatoms. The molecular formula is C19H20FN3O3. The number of benzene rings is 2. The molecule has 2 amide bonds.